The van der Waals surface area contributed by atoms with Gasteiger partial charge >= 0.3 is 5.97 Å². The zero-order valence-electron chi connectivity index (χ0n) is 15.5. The molecular weight excluding hydrogens is 369 g/mol. The number of carboxylic acid groups (broad SMARTS) is 1. The molecule has 0 saturated carbocycles. The van der Waals surface area contributed by atoms with Crippen LogP contribution >= 0.6 is 0 Å². The number of hydrazone groups is 1. The largest absolute Gasteiger partial charge is 0.506 e. The number of aliphatic hydroxyl groups excluding tert-OH is 1. The molecule has 1 aromatic rings. The molecule has 0 atom stereocenters. The lowest BCUT2D eigenvalue weighted by atomic mass is 10.0. The fraction of sp³-hybridized carbons (Fsp3) is 0.474. The second kappa shape index (κ2) is 9.63. The molecule has 2 fully saturated rings. The Kier molecular flexibility index (Phi) is 6.96. The Balaban J connectivity index is 1.83. The number of nitrogens with zero attached hydrogens (tertiary/aromatic N) is 3. The highest BCUT2D eigenvalue weighted by atomic mass is 19.1. The van der Waals surface area contributed by atoms with Crippen LogP contribution in [0.1, 0.15) is 11.1 Å². The van der Waals surface area contributed by atoms with E-state index in [2.05, 4.69) is 10.0 Å². The summed E-state index contributed by atoms with van der Waals surface area (Å²) in [7, 11) is 0. The molecule has 2 N–H and O–H groups in total. The maximum atomic E-state index is 14.3. The van der Waals surface area contributed by atoms with Crippen molar-refractivity contribution in [2.45, 2.75) is 6.54 Å². The highest BCUT2D eigenvalue weighted by molar-refractivity contribution is 6.14. The van der Waals surface area contributed by atoms with Crippen LogP contribution in [0, 0.1) is 5.82 Å². The Morgan fingerprint density at radius 3 is 2.39 bits per heavy atom. The molecule has 0 spiro atoms. The smallest absolute Gasteiger partial charge is 0.341 e. The van der Waals surface area contributed by atoms with Crippen LogP contribution in [-0.4, -0.2) is 84.9 Å². The SMILES string of the molecule is O=C(O)C(C=NN1CCOCC1)=C(O)c1cc(CN2CCOCC2)ccc1F. The van der Waals surface area contributed by atoms with Crippen LogP contribution in [0.4, 0.5) is 4.39 Å². The maximum Gasteiger partial charge on any atom is 0.341 e. The van der Waals surface area contributed by atoms with E-state index in [-0.39, 0.29) is 5.56 Å². The van der Waals surface area contributed by atoms with Crippen LogP contribution < -0.4 is 0 Å². The molecule has 2 saturated heterocycles. The Labute approximate surface area is 162 Å². The average molecular weight is 393 g/mol. The van der Waals surface area contributed by atoms with Crippen LogP contribution in [0.3, 0.4) is 0 Å². The van der Waals surface area contributed by atoms with Gasteiger partial charge in [0.2, 0.25) is 0 Å². The molecule has 3 rings (SSSR count). The van der Waals surface area contributed by atoms with Crippen molar-refractivity contribution < 1.29 is 28.9 Å². The topological polar surface area (TPSA) is 94.8 Å². The fourth-order valence-electron chi connectivity index (χ4n) is 3.04. The summed E-state index contributed by atoms with van der Waals surface area (Å²) >= 11 is 0. The summed E-state index contributed by atoms with van der Waals surface area (Å²) in [6.07, 6.45) is 1.05. The maximum absolute atomic E-state index is 14.3. The van der Waals surface area contributed by atoms with E-state index in [0.717, 1.165) is 24.9 Å². The number of hydrogen-bond acceptors (Lipinski definition) is 7. The van der Waals surface area contributed by atoms with Crippen molar-refractivity contribution in [3.05, 3.63) is 40.7 Å². The molecule has 1 aromatic carbocycles. The molecule has 152 valence electrons. The minimum atomic E-state index is -1.38. The predicted octanol–water partition coefficient (Wildman–Crippen LogP) is 1.33. The van der Waals surface area contributed by atoms with Gasteiger partial charge in [0.05, 0.1) is 51.3 Å². The third-order valence-corrected chi connectivity index (χ3v) is 4.62. The lowest BCUT2D eigenvalue weighted by Crippen LogP contribution is -2.35. The number of carboxylic acids is 1. The highest BCUT2D eigenvalue weighted by Crippen LogP contribution is 2.22. The Bertz CT molecular complexity index is 756. The lowest BCUT2D eigenvalue weighted by Gasteiger charge is -2.26. The van der Waals surface area contributed by atoms with E-state index in [9.17, 15) is 19.4 Å². The van der Waals surface area contributed by atoms with Crippen molar-refractivity contribution in [3.63, 3.8) is 0 Å². The molecule has 9 heteroatoms. The zero-order valence-corrected chi connectivity index (χ0v) is 15.5. The third kappa shape index (κ3) is 5.28. The molecule has 2 aliphatic heterocycles. The van der Waals surface area contributed by atoms with Crippen LogP contribution in [0.25, 0.3) is 5.76 Å². The van der Waals surface area contributed by atoms with E-state index >= 15 is 0 Å². The van der Waals surface area contributed by atoms with Crippen LogP contribution in [0.15, 0.2) is 28.9 Å². The number of benzene rings is 1. The van der Waals surface area contributed by atoms with E-state index in [1.54, 1.807) is 11.1 Å². The quantitative estimate of drug-likeness (QED) is 0.428. The highest BCUT2D eigenvalue weighted by Gasteiger charge is 2.19. The number of morpholine rings is 2. The van der Waals surface area contributed by atoms with Gasteiger partial charge in [0.25, 0.3) is 0 Å². The molecule has 2 aliphatic rings. The van der Waals surface area contributed by atoms with Crippen molar-refractivity contribution in [1.29, 1.82) is 0 Å². The number of aliphatic carboxylic acids is 1. The zero-order chi connectivity index (χ0) is 19.9. The van der Waals surface area contributed by atoms with E-state index in [1.165, 1.54) is 12.1 Å². The third-order valence-electron chi connectivity index (χ3n) is 4.62. The molecule has 0 radical (unpaired) electrons. The van der Waals surface area contributed by atoms with E-state index in [4.69, 9.17) is 9.47 Å². The fourth-order valence-corrected chi connectivity index (χ4v) is 3.04. The van der Waals surface area contributed by atoms with Gasteiger partial charge in [-0.25, -0.2) is 9.18 Å². The first-order chi connectivity index (χ1) is 13.5. The van der Waals surface area contributed by atoms with Gasteiger partial charge in [-0.05, 0) is 17.7 Å². The van der Waals surface area contributed by atoms with Crippen molar-refractivity contribution in [1.82, 2.24) is 9.91 Å². The van der Waals surface area contributed by atoms with E-state index < -0.39 is 23.1 Å². The van der Waals surface area contributed by atoms with Gasteiger partial charge in [0.15, 0.2) is 0 Å². The Morgan fingerprint density at radius 1 is 1.11 bits per heavy atom. The molecule has 0 aliphatic carbocycles. The summed E-state index contributed by atoms with van der Waals surface area (Å²) in [6.45, 7) is 5.40. The molecule has 28 heavy (non-hydrogen) atoms. The van der Waals surface area contributed by atoms with Crippen LogP contribution in [0.5, 0.6) is 0 Å². The summed E-state index contributed by atoms with van der Waals surface area (Å²) < 4.78 is 24.8. The molecule has 0 aromatic heterocycles. The lowest BCUT2D eigenvalue weighted by molar-refractivity contribution is -0.132. The summed E-state index contributed by atoms with van der Waals surface area (Å²) in [6, 6.07) is 4.34. The van der Waals surface area contributed by atoms with Crippen molar-refractivity contribution in [2.24, 2.45) is 5.10 Å². The summed E-state index contributed by atoms with van der Waals surface area (Å²) in [4.78, 5) is 13.8. The number of aliphatic hydroxyl groups is 1. The Morgan fingerprint density at radius 2 is 1.75 bits per heavy atom. The Hall–Kier alpha value is -2.49. The predicted molar refractivity (Wildman–Crippen MR) is 101 cm³/mol. The monoisotopic (exact) mass is 393 g/mol. The summed E-state index contributed by atoms with van der Waals surface area (Å²) in [5.74, 6) is -2.72. The van der Waals surface area contributed by atoms with Gasteiger partial charge in [0, 0.05) is 19.6 Å². The summed E-state index contributed by atoms with van der Waals surface area (Å²) in [5.41, 5.74) is 0.158. The first-order valence-electron chi connectivity index (χ1n) is 9.16. The number of hydrogen-bond donors (Lipinski definition) is 2. The second-order valence-electron chi connectivity index (χ2n) is 6.58. The molecule has 0 bridgehead atoms. The van der Waals surface area contributed by atoms with Gasteiger partial charge in [-0.2, -0.15) is 5.10 Å². The van der Waals surface area contributed by atoms with Crippen LogP contribution in [-0.2, 0) is 20.8 Å². The first-order valence-corrected chi connectivity index (χ1v) is 9.16. The minimum Gasteiger partial charge on any atom is -0.506 e. The number of rotatable bonds is 6. The molecule has 2 heterocycles. The van der Waals surface area contributed by atoms with E-state index in [0.29, 0.717) is 46.1 Å². The summed E-state index contributed by atoms with van der Waals surface area (Å²) in [5, 5.41) is 25.7. The van der Waals surface area contributed by atoms with Gasteiger partial charge in [-0.15, -0.1) is 0 Å². The van der Waals surface area contributed by atoms with Crippen LogP contribution in [0.2, 0.25) is 0 Å². The van der Waals surface area contributed by atoms with Crippen molar-refractivity contribution in [2.75, 3.05) is 52.6 Å². The molecule has 8 nitrogen and oxygen atoms in total. The average Bonchev–Trinajstić information content (AvgIpc) is 2.71. The van der Waals surface area contributed by atoms with Crippen molar-refractivity contribution >= 4 is 17.9 Å². The number of ether oxygens (including phenoxy) is 2. The normalized spacial score (nSPS) is 19.7. The molecular formula is C19H24FN3O5. The molecule has 0 unspecified atom stereocenters. The van der Waals surface area contributed by atoms with Gasteiger partial charge in [-0.3, -0.25) is 9.91 Å². The van der Waals surface area contributed by atoms with Crippen molar-refractivity contribution in [3.8, 4) is 0 Å². The van der Waals surface area contributed by atoms with Gasteiger partial charge in [-0.1, -0.05) is 6.07 Å². The van der Waals surface area contributed by atoms with Gasteiger partial charge < -0.3 is 19.7 Å². The van der Waals surface area contributed by atoms with E-state index in [1.807, 2.05) is 0 Å². The molecule has 0 amide bonds. The standard InChI is InChI=1S/C19H24FN3O5/c20-17-2-1-14(13-22-3-7-27-8-4-22)11-15(17)18(24)16(19(25)26)12-21-23-5-9-28-10-6-23/h1-2,11-12,24H,3-10,13H2,(H,25,26). The first kappa shape index (κ1) is 20.2. The number of carbonyl (C=O) groups is 1. The minimum absolute atomic E-state index is 0.156. The van der Waals surface area contributed by atoms with Gasteiger partial charge in [0.1, 0.15) is 17.1 Å². The number of halogens is 1. The second-order valence-corrected chi connectivity index (χ2v) is 6.58.